The van der Waals surface area contributed by atoms with Gasteiger partial charge in [-0.05, 0) is 23.8 Å². The van der Waals surface area contributed by atoms with E-state index in [1.54, 1.807) is 10.9 Å². The van der Waals surface area contributed by atoms with Crippen molar-refractivity contribution < 1.29 is 14.3 Å². The molecule has 0 aliphatic carbocycles. The summed E-state index contributed by atoms with van der Waals surface area (Å²) in [7, 11) is 0. The number of carbonyl (C=O) groups is 1. The highest BCUT2D eigenvalue weighted by Crippen LogP contribution is 2.13. The predicted octanol–water partition coefficient (Wildman–Crippen LogP) is 2.03. The van der Waals surface area contributed by atoms with Gasteiger partial charge in [-0.3, -0.25) is 9.48 Å². The topological polar surface area (TPSA) is 67.2 Å². The van der Waals surface area contributed by atoms with Crippen LogP contribution in [-0.4, -0.2) is 27.3 Å². The fourth-order valence-electron chi connectivity index (χ4n) is 2.36. The van der Waals surface area contributed by atoms with Crippen molar-refractivity contribution in [2.75, 3.05) is 6.54 Å². The number of amides is 1. The number of aliphatic hydroxyl groups excluding tert-OH is 1. The van der Waals surface area contributed by atoms with E-state index < -0.39 is 6.10 Å². The largest absolute Gasteiger partial charge is 0.387 e. The molecule has 0 aliphatic heterocycles. The van der Waals surface area contributed by atoms with Gasteiger partial charge in [0.1, 0.15) is 12.4 Å². The number of rotatable bonds is 5. The number of halogens is 1. The first-order valence-corrected chi connectivity index (χ1v) is 7.24. The number of carbonyl (C=O) groups excluding carboxylic acids is 1. The number of aliphatic hydroxyl groups is 1. The quantitative estimate of drug-likeness (QED) is 0.757. The molecule has 1 atom stereocenters. The van der Waals surface area contributed by atoms with Gasteiger partial charge in [0, 0.05) is 11.9 Å². The lowest BCUT2D eigenvalue weighted by molar-refractivity contribution is -0.122. The average molecular weight is 313 g/mol. The van der Waals surface area contributed by atoms with E-state index in [1.165, 1.54) is 24.3 Å². The Hall–Kier alpha value is -2.73. The first kappa shape index (κ1) is 15.2. The molecule has 0 radical (unpaired) electrons. The summed E-state index contributed by atoms with van der Waals surface area (Å²) in [6.07, 6.45) is 0.824. The maximum Gasteiger partial charge on any atom is 0.241 e. The minimum atomic E-state index is -0.881. The molecule has 3 rings (SSSR count). The molecule has 1 amide bonds. The lowest BCUT2D eigenvalue weighted by atomic mass is 10.1. The molecule has 3 aromatic rings. The van der Waals surface area contributed by atoms with Crippen molar-refractivity contribution in [2.24, 2.45) is 0 Å². The van der Waals surface area contributed by atoms with Gasteiger partial charge in [0.2, 0.25) is 5.91 Å². The minimum absolute atomic E-state index is 0.0592. The fourth-order valence-corrected chi connectivity index (χ4v) is 2.36. The molecule has 1 aromatic heterocycles. The van der Waals surface area contributed by atoms with Crippen LogP contribution in [0, 0.1) is 5.82 Å². The van der Waals surface area contributed by atoms with Crippen LogP contribution in [0.1, 0.15) is 11.7 Å². The lowest BCUT2D eigenvalue weighted by Gasteiger charge is -2.12. The molecule has 1 unspecified atom stereocenters. The van der Waals surface area contributed by atoms with Gasteiger partial charge in [0.25, 0.3) is 0 Å². The van der Waals surface area contributed by atoms with Crippen molar-refractivity contribution in [1.29, 1.82) is 0 Å². The average Bonchev–Trinajstić information content (AvgIpc) is 2.96. The van der Waals surface area contributed by atoms with Gasteiger partial charge in [-0.25, -0.2) is 4.39 Å². The number of benzene rings is 2. The summed E-state index contributed by atoms with van der Waals surface area (Å²) in [6, 6.07) is 13.1. The predicted molar refractivity (Wildman–Crippen MR) is 84.1 cm³/mol. The SMILES string of the molecule is O=C(Cn1ncc2ccccc21)NCC(O)c1ccc(F)cc1. The summed E-state index contributed by atoms with van der Waals surface area (Å²) >= 11 is 0. The van der Waals surface area contributed by atoms with E-state index in [4.69, 9.17) is 0 Å². The Morgan fingerprint density at radius 3 is 2.74 bits per heavy atom. The molecular formula is C17H16FN3O2. The third kappa shape index (κ3) is 3.54. The van der Waals surface area contributed by atoms with Gasteiger partial charge in [-0.15, -0.1) is 0 Å². The van der Waals surface area contributed by atoms with E-state index in [0.29, 0.717) is 5.56 Å². The van der Waals surface area contributed by atoms with Crippen LogP contribution >= 0.6 is 0 Å². The molecule has 1 heterocycles. The first-order valence-electron chi connectivity index (χ1n) is 7.24. The van der Waals surface area contributed by atoms with Crippen LogP contribution in [0.5, 0.6) is 0 Å². The third-order valence-electron chi connectivity index (χ3n) is 3.59. The van der Waals surface area contributed by atoms with Gasteiger partial charge < -0.3 is 10.4 Å². The highest BCUT2D eigenvalue weighted by Gasteiger charge is 2.11. The second-order valence-corrected chi connectivity index (χ2v) is 5.23. The van der Waals surface area contributed by atoms with Gasteiger partial charge >= 0.3 is 0 Å². The maximum atomic E-state index is 12.8. The Morgan fingerprint density at radius 1 is 1.22 bits per heavy atom. The number of nitrogens with zero attached hydrogens (tertiary/aromatic N) is 2. The van der Waals surface area contributed by atoms with E-state index in [1.807, 2.05) is 24.3 Å². The standard InChI is InChI=1S/C17H16FN3O2/c18-14-7-5-12(6-8-14)16(22)10-19-17(23)11-21-15-4-2-1-3-13(15)9-20-21/h1-9,16,22H,10-11H2,(H,19,23). The summed E-state index contributed by atoms with van der Waals surface area (Å²) < 4.78 is 14.4. The summed E-state index contributed by atoms with van der Waals surface area (Å²) in [5, 5.41) is 17.8. The maximum absolute atomic E-state index is 12.8. The van der Waals surface area contributed by atoms with Crippen LogP contribution in [0.3, 0.4) is 0 Å². The monoisotopic (exact) mass is 313 g/mol. The van der Waals surface area contributed by atoms with Crippen LogP contribution in [0.25, 0.3) is 10.9 Å². The van der Waals surface area contributed by atoms with Crippen LogP contribution in [-0.2, 0) is 11.3 Å². The number of hydrogen-bond donors (Lipinski definition) is 2. The van der Waals surface area contributed by atoms with Crippen LogP contribution in [0.15, 0.2) is 54.7 Å². The number of fused-ring (bicyclic) bond motifs is 1. The molecule has 5 nitrogen and oxygen atoms in total. The van der Waals surface area contributed by atoms with Gasteiger partial charge in [0.15, 0.2) is 0 Å². The highest BCUT2D eigenvalue weighted by molar-refractivity contribution is 5.81. The van der Waals surface area contributed by atoms with E-state index in [2.05, 4.69) is 10.4 Å². The van der Waals surface area contributed by atoms with Crippen molar-refractivity contribution in [3.05, 3.63) is 66.1 Å². The molecule has 2 N–H and O–H groups in total. The number of nitrogens with one attached hydrogen (secondary N) is 1. The Bertz CT molecular complexity index is 814. The van der Waals surface area contributed by atoms with Crippen molar-refractivity contribution in [2.45, 2.75) is 12.6 Å². The zero-order valence-electron chi connectivity index (χ0n) is 12.3. The molecular weight excluding hydrogens is 297 g/mol. The summed E-state index contributed by atoms with van der Waals surface area (Å²) in [5.74, 6) is -0.615. The molecule has 0 saturated carbocycles. The molecule has 23 heavy (non-hydrogen) atoms. The Kier molecular flexibility index (Phi) is 4.34. The minimum Gasteiger partial charge on any atom is -0.387 e. The van der Waals surface area contributed by atoms with Crippen molar-refractivity contribution in [3.8, 4) is 0 Å². The third-order valence-corrected chi connectivity index (χ3v) is 3.59. The molecule has 118 valence electrons. The first-order chi connectivity index (χ1) is 11.1. The van der Waals surface area contributed by atoms with E-state index >= 15 is 0 Å². The molecule has 2 aromatic carbocycles. The Morgan fingerprint density at radius 2 is 1.96 bits per heavy atom. The molecule has 0 aliphatic rings. The van der Waals surface area contributed by atoms with Gasteiger partial charge in [0.05, 0.1) is 17.8 Å². The lowest BCUT2D eigenvalue weighted by Crippen LogP contribution is -2.31. The zero-order chi connectivity index (χ0) is 16.2. The van der Waals surface area contributed by atoms with Gasteiger partial charge in [-0.2, -0.15) is 5.10 Å². The van der Waals surface area contributed by atoms with Gasteiger partial charge in [-0.1, -0.05) is 30.3 Å². The normalized spacial score (nSPS) is 12.3. The van der Waals surface area contributed by atoms with Crippen molar-refractivity contribution >= 4 is 16.8 Å². The summed E-state index contributed by atoms with van der Waals surface area (Å²) in [6.45, 7) is 0.132. The Labute approximate surface area is 132 Å². The van der Waals surface area contributed by atoms with Crippen LogP contribution in [0.4, 0.5) is 4.39 Å². The van der Waals surface area contributed by atoms with Crippen molar-refractivity contribution in [3.63, 3.8) is 0 Å². The highest BCUT2D eigenvalue weighted by atomic mass is 19.1. The number of para-hydroxylation sites is 1. The summed E-state index contributed by atoms with van der Waals surface area (Å²) in [5.41, 5.74) is 1.43. The van der Waals surface area contributed by atoms with E-state index in [9.17, 15) is 14.3 Å². The van der Waals surface area contributed by atoms with Crippen molar-refractivity contribution in [1.82, 2.24) is 15.1 Å². The molecule has 0 spiro atoms. The van der Waals surface area contributed by atoms with E-state index in [0.717, 1.165) is 10.9 Å². The van der Waals surface area contributed by atoms with Crippen LogP contribution in [0.2, 0.25) is 0 Å². The number of hydrogen-bond acceptors (Lipinski definition) is 3. The number of aromatic nitrogens is 2. The molecule has 0 saturated heterocycles. The summed E-state index contributed by atoms with van der Waals surface area (Å²) in [4.78, 5) is 12.0. The molecule has 0 fully saturated rings. The fraction of sp³-hybridized carbons (Fsp3) is 0.176. The van der Waals surface area contributed by atoms with Crippen LogP contribution < -0.4 is 5.32 Å². The second kappa shape index (κ2) is 6.58. The molecule has 6 heteroatoms. The smallest absolute Gasteiger partial charge is 0.241 e. The zero-order valence-corrected chi connectivity index (χ0v) is 12.3. The molecule has 0 bridgehead atoms. The van der Waals surface area contributed by atoms with E-state index in [-0.39, 0.29) is 24.8 Å². The Balaban J connectivity index is 1.58. The second-order valence-electron chi connectivity index (χ2n) is 5.23.